The number of halogens is 4. The summed E-state index contributed by atoms with van der Waals surface area (Å²) < 4.78 is 61.3. The lowest BCUT2D eigenvalue weighted by Crippen LogP contribution is -2.47. The Hall–Kier alpha value is -3.96. The molecule has 37 heavy (non-hydrogen) atoms. The fourth-order valence-corrected chi connectivity index (χ4v) is 4.04. The molecule has 12 heteroatoms. The predicted octanol–water partition coefficient (Wildman–Crippen LogP) is 4.38. The lowest BCUT2D eigenvalue weighted by atomic mass is 9.95. The first-order valence-corrected chi connectivity index (χ1v) is 11.5. The van der Waals surface area contributed by atoms with E-state index < -0.39 is 18.5 Å². The first-order chi connectivity index (χ1) is 17.6. The van der Waals surface area contributed by atoms with Crippen molar-refractivity contribution in [3.05, 3.63) is 60.0 Å². The molecule has 1 amide bonds. The van der Waals surface area contributed by atoms with E-state index in [0.29, 0.717) is 24.1 Å². The number of aromatic nitrogens is 3. The number of amides is 1. The minimum atomic E-state index is -4.80. The summed E-state index contributed by atoms with van der Waals surface area (Å²) in [5, 5.41) is 6.57. The Morgan fingerprint density at radius 2 is 1.92 bits per heavy atom. The number of carbonyl (C=O) groups is 2. The lowest BCUT2D eigenvalue weighted by Gasteiger charge is -2.34. The van der Waals surface area contributed by atoms with Gasteiger partial charge < -0.3 is 14.4 Å². The number of aromatic amines is 1. The van der Waals surface area contributed by atoms with Crippen LogP contribution in [0.25, 0.3) is 11.1 Å². The van der Waals surface area contributed by atoms with Crippen LogP contribution in [0.2, 0.25) is 0 Å². The van der Waals surface area contributed by atoms with Crippen molar-refractivity contribution in [2.45, 2.75) is 32.3 Å². The molecule has 1 N–H and O–H groups in total. The molecule has 2 aromatic heterocycles. The van der Waals surface area contributed by atoms with Gasteiger partial charge in [-0.2, -0.15) is 5.10 Å². The molecule has 196 valence electrons. The van der Waals surface area contributed by atoms with Crippen LogP contribution in [0.5, 0.6) is 11.6 Å². The number of likely N-dealkylation sites (tertiary alicyclic amines) is 1. The number of rotatable bonds is 8. The Balaban J connectivity index is 1.31. The Bertz CT molecular complexity index is 1230. The molecule has 1 aliphatic rings. The first kappa shape index (κ1) is 26.1. The van der Waals surface area contributed by atoms with Crippen LogP contribution in [0.1, 0.15) is 29.3 Å². The summed E-state index contributed by atoms with van der Waals surface area (Å²) in [6.07, 6.45) is -1.07. The van der Waals surface area contributed by atoms with E-state index in [-0.39, 0.29) is 48.5 Å². The van der Waals surface area contributed by atoms with Gasteiger partial charge in [0.05, 0.1) is 31.3 Å². The van der Waals surface area contributed by atoms with E-state index in [1.165, 1.54) is 24.0 Å². The number of hydrogen-bond acceptors (Lipinski definition) is 6. The largest absolute Gasteiger partial charge is 0.573 e. The molecule has 0 saturated carbocycles. The third-order valence-electron chi connectivity index (χ3n) is 6.04. The average Bonchev–Trinajstić information content (AvgIpc) is 3.38. The summed E-state index contributed by atoms with van der Waals surface area (Å²) >= 11 is 0. The first-order valence-electron chi connectivity index (χ1n) is 11.5. The third kappa shape index (κ3) is 6.83. The van der Waals surface area contributed by atoms with Crippen LogP contribution < -0.4 is 9.47 Å². The van der Waals surface area contributed by atoms with Gasteiger partial charge in [0.15, 0.2) is 5.78 Å². The molecule has 3 aromatic rings. The number of ketones is 1. The molecule has 1 unspecified atom stereocenters. The topological polar surface area (TPSA) is 97.4 Å². The molecular formula is C25H24F4N4O4. The molecule has 0 spiro atoms. The maximum absolute atomic E-state index is 14.9. The van der Waals surface area contributed by atoms with Gasteiger partial charge in [-0.15, -0.1) is 13.2 Å². The fourth-order valence-electron chi connectivity index (χ4n) is 4.04. The highest BCUT2D eigenvalue weighted by molar-refractivity contribution is 5.97. The molecule has 1 aromatic carbocycles. The van der Waals surface area contributed by atoms with Gasteiger partial charge in [-0.3, -0.25) is 14.7 Å². The lowest BCUT2D eigenvalue weighted by molar-refractivity contribution is -0.274. The summed E-state index contributed by atoms with van der Waals surface area (Å²) in [6, 6.07) is 6.63. The molecule has 1 aliphatic heterocycles. The quantitative estimate of drug-likeness (QED) is 0.350. The van der Waals surface area contributed by atoms with E-state index in [2.05, 4.69) is 19.9 Å². The molecular weight excluding hydrogens is 496 g/mol. The summed E-state index contributed by atoms with van der Waals surface area (Å²) in [4.78, 5) is 30.4. The van der Waals surface area contributed by atoms with Gasteiger partial charge in [0.1, 0.15) is 11.9 Å². The number of nitrogens with zero attached hydrogens (tertiary/aromatic N) is 3. The second-order valence-corrected chi connectivity index (χ2v) is 8.70. The second kappa shape index (κ2) is 11.0. The maximum Gasteiger partial charge on any atom is 0.573 e. The van der Waals surface area contributed by atoms with Crippen molar-refractivity contribution in [1.29, 1.82) is 0 Å². The number of Topliss-reactive ketones (excluding diaryl/α,β-unsaturated/α-hetero) is 1. The molecule has 0 bridgehead atoms. The molecule has 0 aliphatic carbocycles. The van der Waals surface area contributed by atoms with E-state index in [9.17, 15) is 27.2 Å². The Morgan fingerprint density at radius 1 is 1.16 bits per heavy atom. The maximum atomic E-state index is 14.9. The van der Waals surface area contributed by atoms with Gasteiger partial charge in [-0.05, 0) is 37.1 Å². The number of alkyl halides is 4. The van der Waals surface area contributed by atoms with Crippen molar-refractivity contribution in [2.24, 2.45) is 5.92 Å². The van der Waals surface area contributed by atoms with Crippen LogP contribution in [0.3, 0.4) is 0 Å². The van der Waals surface area contributed by atoms with Crippen molar-refractivity contribution in [3.8, 4) is 22.8 Å². The third-order valence-corrected chi connectivity index (χ3v) is 6.04. The number of piperidine rings is 1. The van der Waals surface area contributed by atoms with Gasteiger partial charge in [0, 0.05) is 36.0 Å². The Kier molecular flexibility index (Phi) is 7.74. The summed E-state index contributed by atoms with van der Waals surface area (Å²) in [7, 11) is 0. The van der Waals surface area contributed by atoms with Crippen LogP contribution in [0.15, 0.2) is 48.9 Å². The molecule has 3 heterocycles. The zero-order chi connectivity index (χ0) is 26.6. The standard InChI is InChI=1S/C25H24F4N4O4/c1-15(34)21-9-18(19-11-31-32-12-19)10-30-24(21)36-14-17-6-7-33(13-22(17)26)23(35)8-16-2-4-20(5-3-16)37-25(27,28)29/h2-5,9-12,17,22H,6-8,13-14H2,1H3,(H,31,32)/t17?,22-/m0/s1. The van der Waals surface area contributed by atoms with Crippen molar-refractivity contribution >= 4 is 11.7 Å². The van der Waals surface area contributed by atoms with Crippen LogP contribution in [-0.2, 0) is 11.2 Å². The van der Waals surface area contributed by atoms with E-state index in [4.69, 9.17) is 4.74 Å². The summed E-state index contributed by atoms with van der Waals surface area (Å²) in [6.45, 7) is 1.55. The van der Waals surface area contributed by atoms with E-state index in [1.54, 1.807) is 24.7 Å². The Labute approximate surface area is 209 Å². The number of carbonyl (C=O) groups excluding carboxylic acids is 2. The summed E-state index contributed by atoms with van der Waals surface area (Å²) in [5.41, 5.74) is 2.20. The molecule has 0 radical (unpaired) electrons. The van der Waals surface area contributed by atoms with Crippen LogP contribution in [0, 0.1) is 5.92 Å². The molecule has 8 nitrogen and oxygen atoms in total. The highest BCUT2D eigenvalue weighted by Gasteiger charge is 2.33. The van der Waals surface area contributed by atoms with Gasteiger partial charge in [-0.25, -0.2) is 9.37 Å². The summed E-state index contributed by atoms with van der Waals surface area (Å²) in [5.74, 6) is -1.35. The number of nitrogens with one attached hydrogen (secondary N) is 1. The van der Waals surface area contributed by atoms with Crippen molar-refractivity contribution in [3.63, 3.8) is 0 Å². The number of benzene rings is 1. The van der Waals surface area contributed by atoms with E-state index in [1.807, 2.05) is 0 Å². The highest BCUT2D eigenvalue weighted by atomic mass is 19.4. The van der Waals surface area contributed by atoms with Crippen LogP contribution >= 0.6 is 0 Å². The van der Waals surface area contributed by atoms with E-state index in [0.717, 1.165) is 17.7 Å². The van der Waals surface area contributed by atoms with Gasteiger partial charge in [-0.1, -0.05) is 12.1 Å². The molecule has 2 atom stereocenters. The Morgan fingerprint density at radius 3 is 2.54 bits per heavy atom. The number of pyridine rings is 1. The van der Waals surface area contributed by atoms with Crippen LogP contribution in [-0.4, -0.2) is 64.0 Å². The molecule has 1 saturated heterocycles. The van der Waals surface area contributed by atoms with Gasteiger partial charge in [0.2, 0.25) is 11.8 Å². The average molecular weight is 520 g/mol. The minimum absolute atomic E-state index is 0.0117. The zero-order valence-corrected chi connectivity index (χ0v) is 19.8. The van der Waals surface area contributed by atoms with Gasteiger partial charge >= 0.3 is 6.36 Å². The predicted molar refractivity (Wildman–Crippen MR) is 124 cm³/mol. The van der Waals surface area contributed by atoms with Crippen molar-refractivity contribution in [1.82, 2.24) is 20.1 Å². The molecule has 4 rings (SSSR count). The minimum Gasteiger partial charge on any atom is -0.477 e. The normalized spacial score (nSPS) is 17.9. The fraction of sp³-hybridized carbons (Fsp3) is 0.360. The zero-order valence-electron chi connectivity index (χ0n) is 19.8. The monoisotopic (exact) mass is 520 g/mol. The SMILES string of the molecule is CC(=O)c1cc(-c2cn[nH]c2)cnc1OCC1CCN(C(=O)Cc2ccc(OC(F)(F)F)cc2)C[C@@H]1F. The number of hydrogen-bond donors (Lipinski definition) is 1. The molecule has 1 fully saturated rings. The van der Waals surface area contributed by atoms with Crippen molar-refractivity contribution in [2.75, 3.05) is 19.7 Å². The van der Waals surface area contributed by atoms with E-state index >= 15 is 0 Å². The smallest absolute Gasteiger partial charge is 0.477 e. The van der Waals surface area contributed by atoms with Crippen molar-refractivity contribution < 1.29 is 36.6 Å². The number of ether oxygens (including phenoxy) is 2. The van der Waals surface area contributed by atoms with Crippen LogP contribution in [0.4, 0.5) is 17.6 Å². The number of H-pyrrole nitrogens is 1. The second-order valence-electron chi connectivity index (χ2n) is 8.70. The van der Waals surface area contributed by atoms with Gasteiger partial charge in [0.25, 0.3) is 0 Å². The highest BCUT2D eigenvalue weighted by Crippen LogP contribution is 2.27.